The minimum absolute atomic E-state index is 0.385. The Morgan fingerprint density at radius 1 is 1.15 bits per heavy atom. The molecule has 1 unspecified atom stereocenters. The summed E-state index contributed by atoms with van der Waals surface area (Å²) in [6.07, 6.45) is 6.37. The van der Waals surface area contributed by atoms with Crippen LogP contribution in [0.25, 0.3) is 0 Å². The average Bonchev–Trinajstić information content (AvgIpc) is 2.44. The summed E-state index contributed by atoms with van der Waals surface area (Å²) in [5.74, 6) is 1.01. The summed E-state index contributed by atoms with van der Waals surface area (Å²) in [6, 6.07) is 6.70. The lowest BCUT2D eigenvalue weighted by Gasteiger charge is -2.21. The average molecular weight is 342 g/mol. The zero-order valence-electron chi connectivity index (χ0n) is 13.0. The van der Waals surface area contributed by atoms with Crippen LogP contribution in [-0.2, 0) is 0 Å². The first-order chi connectivity index (χ1) is 9.72. The first-order valence-electron chi connectivity index (χ1n) is 7.88. The molecule has 1 N–H and O–H groups in total. The minimum atomic E-state index is 0.385. The Morgan fingerprint density at radius 2 is 1.95 bits per heavy atom. The lowest BCUT2D eigenvalue weighted by Crippen LogP contribution is -2.21. The molecule has 114 valence electrons. The van der Waals surface area contributed by atoms with Crippen molar-refractivity contribution in [3.63, 3.8) is 0 Å². The SMILES string of the molecule is CCCCCCC(NCC)c1cc(Br)ccc1OCC. The van der Waals surface area contributed by atoms with Gasteiger partial charge >= 0.3 is 0 Å². The Kier molecular flexibility index (Phi) is 8.95. The van der Waals surface area contributed by atoms with Crippen molar-refractivity contribution >= 4 is 15.9 Å². The number of hydrogen-bond donors (Lipinski definition) is 1. The van der Waals surface area contributed by atoms with Gasteiger partial charge in [-0.1, -0.05) is 55.5 Å². The highest BCUT2D eigenvalue weighted by molar-refractivity contribution is 9.10. The van der Waals surface area contributed by atoms with Crippen LogP contribution in [0, 0.1) is 0 Å². The van der Waals surface area contributed by atoms with Crippen LogP contribution in [0.2, 0.25) is 0 Å². The number of ether oxygens (including phenoxy) is 1. The van der Waals surface area contributed by atoms with Gasteiger partial charge in [0.15, 0.2) is 0 Å². The number of benzene rings is 1. The largest absolute Gasteiger partial charge is 0.494 e. The molecule has 3 heteroatoms. The fourth-order valence-electron chi connectivity index (χ4n) is 2.47. The molecule has 0 heterocycles. The second-order valence-electron chi connectivity index (χ2n) is 5.07. The Hall–Kier alpha value is -0.540. The van der Waals surface area contributed by atoms with E-state index in [1.54, 1.807) is 0 Å². The molecule has 0 aromatic heterocycles. The Balaban J connectivity index is 2.80. The van der Waals surface area contributed by atoms with Crippen LogP contribution in [0.5, 0.6) is 5.75 Å². The van der Waals surface area contributed by atoms with Crippen molar-refractivity contribution in [3.8, 4) is 5.75 Å². The Bertz CT molecular complexity index is 381. The van der Waals surface area contributed by atoms with Crippen LogP contribution < -0.4 is 10.1 Å². The van der Waals surface area contributed by atoms with E-state index in [2.05, 4.69) is 53.3 Å². The van der Waals surface area contributed by atoms with E-state index < -0.39 is 0 Å². The zero-order valence-corrected chi connectivity index (χ0v) is 14.6. The quantitative estimate of drug-likeness (QED) is 0.569. The maximum absolute atomic E-state index is 5.79. The Morgan fingerprint density at radius 3 is 2.60 bits per heavy atom. The van der Waals surface area contributed by atoms with Crippen LogP contribution >= 0.6 is 15.9 Å². The molecular formula is C17H28BrNO. The fourth-order valence-corrected chi connectivity index (χ4v) is 2.85. The molecule has 0 radical (unpaired) electrons. The molecule has 0 aliphatic rings. The third-order valence-corrected chi connectivity index (χ3v) is 3.94. The molecule has 1 rings (SSSR count). The van der Waals surface area contributed by atoms with Crippen LogP contribution in [0.15, 0.2) is 22.7 Å². The highest BCUT2D eigenvalue weighted by Gasteiger charge is 2.15. The van der Waals surface area contributed by atoms with Crippen molar-refractivity contribution in [1.29, 1.82) is 0 Å². The molecule has 0 spiro atoms. The van der Waals surface area contributed by atoms with E-state index in [1.807, 2.05) is 6.92 Å². The normalized spacial score (nSPS) is 12.4. The summed E-state index contributed by atoms with van der Waals surface area (Å²) in [5.41, 5.74) is 1.28. The molecule has 0 fully saturated rings. The van der Waals surface area contributed by atoms with Gasteiger partial charge < -0.3 is 10.1 Å². The van der Waals surface area contributed by atoms with E-state index in [9.17, 15) is 0 Å². The van der Waals surface area contributed by atoms with Crippen LogP contribution in [0.4, 0.5) is 0 Å². The third-order valence-electron chi connectivity index (χ3n) is 3.44. The maximum Gasteiger partial charge on any atom is 0.124 e. The van der Waals surface area contributed by atoms with Crippen molar-refractivity contribution in [2.45, 2.75) is 58.9 Å². The highest BCUT2D eigenvalue weighted by atomic mass is 79.9. The molecule has 0 saturated heterocycles. The van der Waals surface area contributed by atoms with Gasteiger partial charge in [-0.2, -0.15) is 0 Å². The van der Waals surface area contributed by atoms with E-state index in [-0.39, 0.29) is 0 Å². The van der Waals surface area contributed by atoms with E-state index in [0.29, 0.717) is 12.6 Å². The summed E-state index contributed by atoms with van der Waals surface area (Å²) < 4.78 is 6.90. The fraction of sp³-hybridized carbons (Fsp3) is 0.647. The van der Waals surface area contributed by atoms with Crippen LogP contribution in [-0.4, -0.2) is 13.2 Å². The standard InChI is InChI=1S/C17H28BrNO/c1-4-7-8-9-10-16(19-5-2)15-13-14(18)11-12-17(15)20-6-3/h11-13,16,19H,4-10H2,1-3H3. The molecule has 1 aromatic rings. The molecule has 20 heavy (non-hydrogen) atoms. The third kappa shape index (κ3) is 5.84. The highest BCUT2D eigenvalue weighted by Crippen LogP contribution is 2.31. The summed E-state index contributed by atoms with van der Waals surface area (Å²) in [4.78, 5) is 0. The molecule has 0 amide bonds. The van der Waals surface area contributed by atoms with Gasteiger partial charge in [0.25, 0.3) is 0 Å². The number of hydrogen-bond acceptors (Lipinski definition) is 2. The van der Waals surface area contributed by atoms with Crippen LogP contribution in [0.3, 0.4) is 0 Å². The molecular weight excluding hydrogens is 314 g/mol. The van der Waals surface area contributed by atoms with Gasteiger partial charge in [0, 0.05) is 16.1 Å². The summed E-state index contributed by atoms with van der Waals surface area (Å²) in [5, 5.41) is 3.60. The second-order valence-corrected chi connectivity index (χ2v) is 5.99. The minimum Gasteiger partial charge on any atom is -0.494 e. The predicted molar refractivity (Wildman–Crippen MR) is 90.5 cm³/mol. The van der Waals surface area contributed by atoms with Gasteiger partial charge in [-0.3, -0.25) is 0 Å². The van der Waals surface area contributed by atoms with Crippen molar-refractivity contribution in [1.82, 2.24) is 5.32 Å². The predicted octanol–water partition coefficient (Wildman–Crippen LogP) is 5.47. The second kappa shape index (κ2) is 10.2. The van der Waals surface area contributed by atoms with E-state index in [1.165, 1.54) is 37.7 Å². The van der Waals surface area contributed by atoms with Gasteiger partial charge in [0.05, 0.1) is 6.61 Å². The molecule has 2 nitrogen and oxygen atoms in total. The smallest absolute Gasteiger partial charge is 0.124 e. The lowest BCUT2D eigenvalue weighted by atomic mass is 9.99. The van der Waals surface area contributed by atoms with Gasteiger partial charge in [-0.05, 0) is 38.1 Å². The van der Waals surface area contributed by atoms with E-state index >= 15 is 0 Å². The number of rotatable bonds is 10. The van der Waals surface area contributed by atoms with Gasteiger partial charge in [-0.25, -0.2) is 0 Å². The van der Waals surface area contributed by atoms with Gasteiger partial charge in [0.2, 0.25) is 0 Å². The first-order valence-corrected chi connectivity index (χ1v) is 8.67. The van der Waals surface area contributed by atoms with Crippen molar-refractivity contribution < 1.29 is 4.74 Å². The van der Waals surface area contributed by atoms with Gasteiger partial charge in [0.1, 0.15) is 5.75 Å². The van der Waals surface area contributed by atoms with Crippen molar-refractivity contribution in [3.05, 3.63) is 28.2 Å². The topological polar surface area (TPSA) is 21.3 Å². The maximum atomic E-state index is 5.79. The molecule has 0 aliphatic carbocycles. The zero-order chi connectivity index (χ0) is 14.8. The summed E-state index contributed by atoms with van der Waals surface area (Å²) in [7, 11) is 0. The molecule has 0 bridgehead atoms. The number of halogens is 1. The number of unbranched alkanes of at least 4 members (excludes halogenated alkanes) is 3. The van der Waals surface area contributed by atoms with Crippen molar-refractivity contribution in [2.75, 3.05) is 13.2 Å². The van der Waals surface area contributed by atoms with Crippen LogP contribution in [0.1, 0.15) is 64.5 Å². The van der Waals surface area contributed by atoms with E-state index in [0.717, 1.165) is 16.8 Å². The number of nitrogens with one attached hydrogen (secondary N) is 1. The Labute approximate surface area is 132 Å². The molecule has 0 saturated carbocycles. The first kappa shape index (κ1) is 17.5. The van der Waals surface area contributed by atoms with Crippen molar-refractivity contribution in [2.24, 2.45) is 0 Å². The summed E-state index contributed by atoms with van der Waals surface area (Å²) >= 11 is 3.58. The van der Waals surface area contributed by atoms with E-state index in [4.69, 9.17) is 4.74 Å². The molecule has 1 aromatic carbocycles. The molecule has 0 aliphatic heterocycles. The molecule has 1 atom stereocenters. The summed E-state index contributed by atoms with van der Waals surface area (Å²) in [6.45, 7) is 8.15. The lowest BCUT2D eigenvalue weighted by molar-refractivity contribution is 0.329. The monoisotopic (exact) mass is 341 g/mol. The van der Waals surface area contributed by atoms with Gasteiger partial charge in [-0.15, -0.1) is 0 Å².